The zero-order valence-corrected chi connectivity index (χ0v) is 13.6. The Morgan fingerprint density at radius 2 is 2.17 bits per heavy atom. The van der Waals surface area contributed by atoms with Crippen LogP contribution in [0.25, 0.3) is 0 Å². The molecule has 122 valence electrons. The second kappa shape index (κ2) is 6.40. The number of H-pyrrole nitrogens is 1. The Balaban J connectivity index is 1.56. The number of aryl methyl sites for hydroxylation is 5. The monoisotopic (exact) mass is 314 g/mol. The Hall–Kier alpha value is -2.37. The van der Waals surface area contributed by atoms with Crippen molar-refractivity contribution in [3.05, 3.63) is 50.7 Å². The molecule has 2 aromatic rings. The average Bonchev–Trinajstić information content (AvgIpc) is 3.08. The summed E-state index contributed by atoms with van der Waals surface area (Å²) in [4.78, 5) is 27.0. The number of carbonyl (C=O) groups is 1. The molecule has 1 aliphatic carbocycles. The fourth-order valence-corrected chi connectivity index (χ4v) is 3.11. The van der Waals surface area contributed by atoms with Crippen molar-refractivity contribution in [1.29, 1.82) is 0 Å². The standard InChI is InChI=1S/C17H22N4O2/c1-11-9-12(2)21(20-11)8-4-7-18-16(22)14-10-13-5-3-6-15(13)19-17(14)23/h9-10H,3-8H2,1-2H3,(H,18,22)(H,19,23). The molecule has 0 bridgehead atoms. The quantitative estimate of drug-likeness (QED) is 0.821. The molecule has 0 fully saturated rings. The maximum absolute atomic E-state index is 12.2. The van der Waals surface area contributed by atoms with E-state index >= 15 is 0 Å². The summed E-state index contributed by atoms with van der Waals surface area (Å²) in [5.74, 6) is -0.297. The second-order valence-corrected chi connectivity index (χ2v) is 6.13. The first-order valence-corrected chi connectivity index (χ1v) is 8.09. The van der Waals surface area contributed by atoms with Crippen molar-refractivity contribution in [2.45, 2.75) is 46.1 Å². The smallest absolute Gasteiger partial charge is 0.261 e. The molecular weight excluding hydrogens is 292 g/mol. The number of aromatic amines is 1. The molecule has 2 aromatic heterocycles. The molecule has 0 atom stereocenters. The van der Waals surface area contributed by atoms with E-state index in [9.17, 15) is 9.59 Å². The number of hydrogen-bond donors (Lipinski definition) is 2. The van der Waals surface area contributed by atoms with Crippen LogP contribution in [-0.2, 0) is 19.4 Å². The maximum Gasteiger partial charge on any atom is 0.261 e. The maximum atomic E-state index is 12.2. The summed E-state index contributed by atoms with van der Waals surface area (Å²) in [6.45, 7) is 5.25. The van der Waals surface area contributed by atoms with Gasteiger partial charge in [0.25, 0.3) is 11.5 Å². The number of fused-ring (bicyclic) bond motifs is 1. The van der Waals surface area contributed by atoms with Gasteiger partial charge in [-0.25, -0.2) is 0 Å². The third-order valence-corrected chi connectivity index (χ3v) is 4.27. The zero-order chi connectivity index (χ0) is 16.4. The highest BCUT2D eigenvalue weighted by atomic mass is 16.2. The lowest BCUT2D eigenvalue weighted by Crippen LogP contribution is -2.31. The van der Waals surface area contributed by atoms with E-state index in [1.165, 1.54) is 0 Å². The van der Waals surface area contributed by atoms with Crippen molar-refractivity contribution in [2.24, 2.45) is 0 Å². The lowest BCUT2D eigenvalue weighted by molar-refractivity contribution is 0.0951. The van der Waals surface area contributed by atoms with Crippen LogP contribution >= 0.6 is 0 Å². The third-order valence-electron chi connectivity index (χ3n) is 4.27. The summed E-state index contributed by atoms with van der Waals surface area (Å²) >= 11 is 0. The van der Waals surface area contributed by atoms with Gasteiger partial charge in [-0.2, -0.15) is 5.10 Å². The van der Waals surface area contributed by atoms with E-state index in [-0.39, 0.29) is 17.0 Å². The summed E-state index contributed by atoms with van der Waals surface area (Å²) in [5.41, 5.74) is 4.12. The van der Waals surface area contributed by atoms with Crippen molar-refractivity contribution in [1.82, 2.24) is 20.1 Å². The van der Waals surface area contributed by atoms with Gasteiger partial charge >= 0.3 is 0 Å². The fourth-order valence-electron chi connectivity index (χ4n) is 3.11. The summed E-state index contributed by atoms with van der Waals surface area (Å²) in [6.07, 6.45) is 3.65. The van der Waals surface area contributed by atoms with E-state index < -0.39 is 0 Å². The Morgan fingerprint density at radius 1 is 1.35 bits per heavy atom. The number of aromatic nitrogens is 3. The van der Waals surface area contributed by atoms with Gasteiger partial charge in [0.2, 0.25) is 0 Å². The topological polar surface area (TPSA) is 79.8 Å². The first-order valence-electron chi connectivity index (χ1n) is 8.09. The summed E-state index contributed by atoms with van der Waals surface area (Å²) in [7, 11) is 0. The predicted octanol–water partition coefficient (Wildman–Crippen LogP) is 1.50. The molecule has 0 aromatic carbocycles. The van der Waals surface area contributed by atoms with E-state index in [0.29, 0.717) is 6.54 Å². The van der Waals surface area contributed by atoms with Crippen LogP contribution in [0.15, 0.2) is 16.9 Å². The highest BCUT2D eigenvalue weighted by molar-refractivity contribution is 5.94. The molecular formula is C17H22N4O2. The van der Waals surface area contributed by atoms with E-state index in [4.69, 9.17) is 0 Å². The van der Waals surface area contributed by atoms with Crippen LogP contribution < -0.4 is 10.9 Å². The number of carbonyl (C=O) groups excluding carboxylic acids is 1. The van der Waals surface area contributed by atoms with Crippen LogP contribution in [0.4, 0.5) is 0 Å². The third kappa shape index (κ3) is 3.36. The van der Waals surface area contributed by atoms with E-state index in [2.05, 4.69) is 15.4 Å². The molecule has 1 amide bonds. The van der Waals surface area contributed by atoms with Crippen molar-refractivity contribution in [2.75, 3.05) is 6.54 Å². The average molecular weight is 314 g/mol. The van der Waals surface area contributed by atoms with Gasteiger partial charge in [0.1, 0.15) is 5.56 Å². The lowest BCUT2D eigenvalue weighted by Gasteiger charge is -2.07. The highest BCUT2D eigenvalue weighted by Gasteiger charge is 2.17. The zero-order valence-electron chi connectivity index (χ0n) is 13.6. The molecule has 0 saturated heterocycles. The van der Waals surface area contributed by atoms with E-state index in [0.717, 1.165) is 54.9 Å². The molecule has 0 aliphatic heterocycles. The Bertz CT molecular complexity index is 788. The molecule has 0 saturated carbocycles. The van der Waals surface area contributed by atoms with Crippen LogP contribution in [0, 0.1) is 13.8 Å². The van der Waals surface area contributed by atoms with E-state index in [1.54, 1.807) is 6.07 Å². The minimum absolute atomic E-state index is 0.219. The minimum Gasteiger partial charge on any atom is -0.352 e. The number of amides is 1. The van der Waals surface area contributed by atoms with Gasteiger partial charge in [0.15, 0.2) is 0 Å². The molecule has 0 unspecified atom stereocenters. The first-order chi connectivity index (χ1) is 11.0. The Kier molecular flexibility index (Phi) is 4.32. The second-order valence-electron chi connectivity index (χ2n) is 6.13. The van der Waals surface area contributed by atoms with Crippen LogP contribution in [-0.4, -0.2) is 27.2 Å². The van der Waals surface area contributed by atoms with Gasteiger partial charge in [-0.05, 0) is 57.2 Å². The van der Waals surface area contributed by atoms with Gasteiger partial charge < -0.3 is 10.3 Å². The molecule has 6 nitrogen and oxygen atoms in total. The molecule has 0 radical (unpaired) electrons. The number of nitrogens with zero attached hydrogens (tertiary/aromatic N) is 2. The summed E-state index contributed by atoms with van der Waals surface area (Å²) in [5, 5.41) is 7.21. The molecule has 3 rings (SSSR count). The summed E-state index contributed by atoms with van der Waals surface area (Å²) in [6, 6.07) is 3.78. The molecule has 0 spiro atoms. The van der Waals surface area contributed by atoms with Crippen molar-refractivity contribution >= 4 is 5.91 Å². The molecule has 6 heteroatoms. The van der Waals surface area contributed by atoms with Crippen LogP contribution in [0.3, 0.4) is 0 Å². The normalized spacial score (nSPS) is 13.1. The van der Waals surface area contributed by atoms with Gasteiger partial charge in [-0.15, -0.1) is 0 Å². The minimum atomic E-state index is -0.297. The summed E-state index contributed by atoms with van der Waals surface area (Å²) < 4.78 is 1.93. The number of hydrogen-bond acceptors (Lipinski definition) is 3. The van der Waals surface area contributed by atoms with Gasteiger partial charge in [0.05, 0.1) is 5.69 Å². The SMILES string of the molecule is Cc1cc(C)n(CCCNC(=O)c2cc3c([nH]c2=O)CCC3)n1. The highest BCUT2D eigenvalue weighted by Crippen LogP contribution is 2.18. The number of nitrogens with one attached hydrogen (secondary N) is 2. The largest absolute Gasteiger partial charge is 0.352 e. The van der Waals surface area contributed by atoms with Crippen molar-refractivity contribution in [3.63, 3.8) is 0 Å². The van der Waals surface area contributed by atoms with Gasteiger partial charge in [-0.1, -0.05) is 0 Å². The van der Waals surface area contributed by atoms with Crippen molar-refractivity contribution < 1.29 is 4.79 Å². The van der Waals surface area contributed by atoms with Crippen LogP contribution in [0.5, 0.6) is 0 Å². The van der Waals surface area contributed by atoms with Gasteiger partial charge in [-0.3, -0.25) is 14.3 Å². The van der Waals surface area contributed by atoms with E-state index in [1.807, 2.05) is 24.6 Å². The molecule has 2 heterocycles. The van der Waals surface area contributed by atoms with Crippen LogP contribution in [0.2, 0.25) is 0 Å². The van der Waals surface area contributed by atoms with Crippen molar-refractivity contribution in [3.8, 4) is 0 Å². The van der Waals surface area contributed by atoms with Gasteiger partial charge in [0, 0.05) is 24.5 Å². The fraction of sp³-hybridized carbons (Fsp3) is 0.471. The van der Waals surface area contributed by atoms with Crippen LogP contribution in [0.1, 0.15) is 45.8 Å². The molecule has 23 heavy (non-hydrogen) atoms. The lowest BCUT2D eigenvalue weighted by atomic mass is 10.1. The number of pyridine rings is 1. The number of rotatable bonds is 5. The Labute approximate surface area is 134 Å². The first kappa shape index (κ1) is 15.5. The predicted molar refractivity (Wildman–Crippen MR) is 87.7 cm³/mol. The Morgan fingerprint density at radius 3 is 2.91 bits per heavy atom. The molecule has 2 N–H and O–H groups in total. The molecule has 1 aliphatic rings.